The van der Waals surface area contributed by atoms with E-state index in [9.17, 15) is 22.7 Å². The first-order valence-corrected chi connectivity index (χ1v) is 7.69. The maximum atomic E-state index is 12.9. The molecule has 7 heteroatoms. The minimum atomic E-state index is -3.10. The Kier molecular flexibility index (Phi) is 3.75. The molecule has 1 N–H and O–H groups in total. The van der Waals surface area contributed by atoms with Gasteiger partial charge in [0.1, 0.15) is 11.6 Å². The third-order valence-corrected chi connectivity index (χ3v) is 4.75. The Morgan fingerprint density at radius 2 is 2.00 bits per heavy atom. The molecule has 19 heavy (non-hydrogen) atoms. The van der Waals surface area contributed by atoms with Crippen molar-refractivity contribution in [3.63, 3.8) is 0 Å². The lowest BCUT2D eigenvalue weighted by molar-refractivity contribution is 0.0765. The predicted octanol–water partition coefficient (Wildman–Crippen LogP) is 0.792. The number of rotatable bonds is 1. The molecule has 1 fully saturated rings. The van der Waals surface area contributed by atoms with Gasteiger partial charge in [0, 0.05) is 19.2 Å². The first kappa shape index (κ1) is 13.8. The minimum Gasteiger partial charge on any atom is -0.507 e. The van der Waals surface area contributed by atoms with E-state index in [-0.39, 0.29) is 23.6 Å². The molecule has 0 spiro atoms. The van der Waals surface area contributed by atoms with Crippen molar-refractivity contribution in [2.45, 2.75) is 6.42 Å². The van der Waals surface area contributed by atoms with Gasteiger partial charge in [0.05, 0.1) is 17.1 Å². The maximum absolute atomic E-state index is 12.9. The van der Waals surface area contributed by atoms with Gasteiger partial charge in [0.2, 0.25) is 0 Å². The number of phenolic OH excluding ortho intramolecular Hbond substituents is 1. The number of carbonyl (C=O) groups is 1. The molecule has 0 unspecified atom stereocenters. The van der Waals surface area contributed by atoms with Gasteiger partial charge in [-0.1, -0.05) is 0 Å². The van der Waals surface area contributed by atoms with Crippen molar-refractivity contribution in [2.24, 2.45) is 0 Å². The number of phenols is 1. The number of hydrogen-bond acceptors (Lipinski definition) is 4. The number of sulfone groups is 1. The summed E-state index contributed by atoms with van der Waals surface area (Å²) in [7, 11) is -3.10. The molecule has 1 amide bonds. The van der Waals surface area contributed by atoms with E-state index in [2.05, 4.69) is 0 Å². The van der Waals surface area contributed by atoms with Gasteiger partial charge in [-0.05, 0) is 18.6 Å². The van der Waals surface area contributed by atoms with Crippen molar-refractivity contribution in [3.8, 4) is 5.75 Å². The van der Waals surface area contributed by atoms with Crippen LogP contribution in [0.3, 0.4) is 0 Å². The van der Waals surface area contributed by atoms with Crippen LogP contribution in [-0.4, -0.2) is 48.9 Å². The van der Waals surface area contributed by atoms with Gasteiger partial charge in [-0.15, -0.1) is 0 Å². The molecule has 1 aliphatic heterocycles. The normalized spacial score (nSPS) is 18.9. The van der Waals surface area contributed by atoms with Gasteiger partial charge in [-0.3, -0.25) is 4.79 Å². The fraction of sp³-hybridized carbons (Fsp3) is 0.417. The topological polar surface area (TPSA) is 74.7 Å². The van der Waals surface area contributed by atoms with Crippen molar-refractivity contribution in [3.05, 3.63) is 29.6 Å². The van der Waals surface area contributed by atoms with E-state index >= 15 is 0 Å². The summed E-state index contributed by atoms with van der Waals surface area (Å²) in [4.78, 5) is 13.5. The molecule has 0 aliphatic carbocycles. The van der Waals surface area contributed by atoms with Crippen LogP contribution in [0.25, 0.3) is 0 Å². The molecule has 1 heterocycles. The Morgan fingerprint density at radius 3 is 2.68 bits per heavy atom. The summed E-state index contributed by atoms with van der Waals surface area (Å²) in [5, 5.41) is 9.56. The monoisotopic (exact) mass is 287 g/mol. The van der Waals surface area contributed by atoms with Gasteiger partial charge >= 0.3 is 0 Å². The Hall–Kier alpha value is -1.63. The number of hydrogen-bond donors (Lipinski definition) is 1. The Morgan fingerprint density at radius 1 is 1.26 bits per heavy atom. The molecule has 1 aromatic carbocycles. The average molecular weight is 287 g/mol. The van der Waals surface area contributed by atoms with Crippen molar-refractivity contribution < 1.29 is 22.7 Å². The zero-order valence-electron chi connectivity index (χ0n) is 10.2. The van der Waals surface area contributed by atoms with Crippen LogP contribution in [-0.2, 0) is 9.84 Å². The highest BCUT2D eigenvalue weighted by Crippen LogP contribution is 2.20. The second-order valence-electron chi connectivity index (χ2n) is 4.46. The molecule has 5 nitrogen and oxygen atoms in total. The zero-order chi connectivity index (χ0) is 14.0. The maximum Gasteiger partial charge on any atom is 0.257 e. The van der Waals surface area contributed by atoms with E-state index in [0.29, 0.717) is 13.0 Å². The van der Waals surface area contributed by atoms with Crippen LogP contribution >= 0.6 is 0 Å². The SMILES string of the molecule is O=C(c1ccc(F)cc1O)N1CCCS(=O)(=O)CC1. The fourth-order valence-corrected chi connectivity index (χ4v) is 3.27. The molecule has 1 aromatic rings. The summed E-state index contributed by atoms with van der Waals surface area (Å²) in [5.41, 5.74) is -0.0132. The van der Waals surface area contributed by atoms with Crippen molar-refractivity contribution >= 4 is 15.7 Å². The number of amides is 1. The Balaban J connectivity index is 2.20. The summed E-state index contributed by atoms with van der Waals surface area (Å²) in [6.07, 6.45) is 0.371. The lowest BCUT2D eigenvalue weighted by Gasteiger charge is -2.20. The molecule has 0 aromatic heterocycles. The van der Waals surface area contributed by atoms with E-state index in [4.69, 9.17) is 0 Å². The number of halogens is 1. The van der Waals surface area contributed by atoms with Crippen LogP contribution in [0.5, 0.6) is 5.75 Å². The molecule has 104 valence electrons. The van der Waals surface area contributed by atoms with Crippen molar-refractivity contribution in [1.29, 1.82) is 0 Å². The van der Waals surface area contributed by atoms with Gasteiger partial charge in [0.25, 0.3) is 5.91 Å². The van der Waals surface area contributed by atoms with Crippen LogP contribution < -0.4 is 0 Å². The van der Waals surface area contributed by atoms with E-state index in [1.807, 2.05) is 0 Å². The smallest absolute Gasteiger partial charge is 0.257 e. The Labute approximate surface area is 110 Å². The first-order valence-electron chi connectivity index (χ1n) is 5.87. The lowest BCUT2D eigenvalue weighted by atomic mass is 10.1. The van der Waals surface area contributed by atoms with E-state index in [0.717, 1.165) is 12.1 Å². The van der Waals surface area contributed by atoms with E-state index < -0.39 is 27.3 Å². The summed E-state index contributed by atoms with van der Waals surface area (Å²) >= 11 is 0. The molecule has 0 saturated carbocycles. The van der Waals surface area contributed by atoms with Crippen LogP contribution in [0.15, 0.2) is 18.2 Å². The van der Waals surface area contributed by atoms with E-state index in [1.165, 1.54) is 11.0 Å². The number of carbonyl (C=O) groups excluding carboxylic acids is 1. The van der Waals surface area contributed by atoms with E-state index in [1.54, 1.807) is 0 Å². The highest BCUT2D eigenvalue weighted by atomic mass is 32.2. The number of aromatic hydroxyl groups is 1. The summed E-state index contributed by atoms with van der Waals surface area (Å²) in [6, 6.07) is 3.15. The van der Waals surface area contributed by atoms with Crippen LogP contribution in [0.4, 0.5) is 4.39 Å². The molecule has 0 atom stereocenters. The van der Waals surface area contributed by atoms with Gasteiger partial charge < -0.3 is 10.0 Å². The highest BCUT2D eigenvalue weighted by Gasteiger charge is 2.24. The van der Waals surface area contributed by atoms with Crippen molar-refractivity contribution in [1.82, 2.24) is 4.90 Å². The summed E-state index contributed by atoms with van der Waals surface area (Å²) < 4.78 is 35.8. The summed E-state index contributed by atoms with van der Waals surface area (Å²) in [6.45, 7) is 0.410. The van der Waals surface area contributed by atoms with Gasteiger partial charge in [-0.2, -0.15) is 0 Å². The second-order valence-corrected chi connectivity index (χ2v) is 6.76. The quantitative estimate of drug-likeness (QED) is 0.828. The van der Waals surface area contributed by atoms with Gasteiger partial charge in [0.15, 0.2) is 9.84 Å². The molecule has 0 radical (unpaired) electrons. The number of nitrogens with zero attached hydrogens (tertiary/aromatic N) is 1. The standard InChI is InChI=1S/C12H14FNO4S/c13-9-2-3-10(11(15)8-9)12(16)14-4-1-6-19(17,18)7-5-14/h2-3,8,15H,1,4-7H2. The Bertz CT molecular complexity index is 600. The fourth-order valence-electron chi connectivity index (χ4n) is 2.00. The average Bonchev–Trinajstić information content (AvgIpc) is 2.49. The third kappa shape index (κ3) is 3.23. The largest absolute Gasteiger partial charge is 0.507 e. The summed E-state index contributed by atoms with van der Waals surface area (Å²) in [5.74, 6) is -1.56. The molecule has 0 bridgehead atoms. The number of benzene rings is 1. The van der Waals surface area contributed by atoms with Crippen LogP contribution in [0.1, 0.15) is 16.8 Å². The third-order valence-electron chi connectivity index (χ3n) is 3.03. The highest BCUT2D eigenvalue weighted by molar-refractivity contribution is 7.91. The van der Waals surface area contributed by atoms with Crippen LogP contribution in [0, 0.1) is 5.82 Å². The molecule has 1 saturated heterocycles. The zero-order valence-corrected chi connectivity index (χ0v) is 11.0. The molecular formula is C12H14FNO4S. The molecule has 2 rings (SSSR count). The second kappa shape index (κ2) is 5.16. The lowest BCUT2D eigenvalue weighted by Crippen LogP contribution is -2.33. The van der Waals surface area contributed by atoms with Crippen LogP contribution in [0.2, 0.25) is 0 Å². The van der Waals surface area contributed by atoms with Gasteiger partial charge in [-0.25, -0.2) is 12.8 Å². The van der Waals surface area contributed by atoms with Crippen molar-refractivity contribution in [2.75, 3.05) is 24.6 Å². The predicted molar refractivity (Wildman–Crippen MR) is 67.2 cm³/mol. The molecular weight excluding hydrogens is 273 g/mol. The first-order chi connectivity index (χ1) is 8.89. The minimum absolute atomic E-state index is 0.0132. The molecule has 1 aliphatic rings.